The molecule has 3 aromatic heterocycles. The van der Waals surface area contributed by atoms with Crippen LogP contribution in [0.2, 0.25) is 0 Å². The number of aromatic nitrogens is 2. The van der Waals surface area contributed by atoms with E-state index in [1.165, 1.54) is 60.7 Å². The molecule has 31 heavy (non-hydrogen) atoms. The highest BCUT2D eigenvalue weighted by atomic mass is 14.9. The van der Waals surface area contributed by atoms with Gasteiger partial charge in [0.25, 0.3) is 0 Å². The van der Waals surface area contributed by atoms with E-state index in [0.717, 1.165) is 12.1 Å². The molecule has 0 saturated carbocycles. The van der Waals surface area contributed by atoms with Crippen molar-refractivity contribution >= 4 is 27.2 Å². The first-order valence-corrected chi connectivity index (χ1v) is 10.7. The zero-order valence-corrected chi connectivity index (χ0v) is 17.5. The molecule has 1 aliphatic carbocycles. The topological polar surface area (TPSA) is 8.29 Å². The average molecular weight is 403 g/mol. The SMILES string of the molecule is [2H]C([2H])([2H])c1ccc(-c2c(C)ccc3c2-c2c(c4cccc5c6ccccc6n2c45)C3)[n+](C)c1. The standard InChI is InChI=1S/C29H23N2/c1-17-11-14-25(30(3)16-17)26-18(2)12-13-19-15-23-22-9-6-8-21-20-7-4-5-10-24(20)31(28(21)22)29(23)27(19)26/h4-14,16H,15H2,1-3H3/q+1/i1D3. The van der Waals surface area contributed by atoms with Crippen molar-refractivity contribution in [3.63, 3.8) is 0 Å². The Bertz CT molecular complexity index is 1790. The third kappa shape index (κ3) is 2.05. The van der Waals surface area contributed by atoms with Crippen molar-refractivity contribution in [2.24, 2.45) is 7.05 Å². The van der Waals surface area contributed by atoms with Crippen LogP contribution in [0.4, 0.5) is 0 Å². The van der Waals surface area contributed by atoms with E-state index in [2.05, 4.69) is 65.9 Å². The Kier molecular flexibility index (Phi) is 2.66. The Morgan fingerprint density at radius 3 is 2.58 bits per heavy atom. The Labute approximate surface area is 185 Å². The summed E-state index contributed by atoms with van der Waals surface area (Å²) in [5, 5.41) is 3.90. The van der Waals surface area contributed by atoms with Gasteiger partial charge in [0.2, 0.25) is 5.69 Å². The molecule has 0 amide bonds. The molecule has 2 nitrogen and oxygen atoms in total. The van der Waals surface area contributed by atoms with Gasteiger partial charge in [-0.2, -0.15) is 0 Å². The molecule has 2 heteroatoms. The molecular weight excluding hydrogens is 376 g/mol. The third-order valence-corrected chi connectivity index (χ3v) is 7.02. The minimum atomic E-state index is -2.12. The minimum absolute atomic E-state index is 0.357. The first-order valence-electron chi connectivity index (χ1n) is 12.2. The van der Waals surface area contributed by atoms with Gasteiger partial charge in [-0.1, -0.05) is 48.5 Å². The van der Waals surface area contributed by atoms with Crippen molar-refractivity contribution in [1.29, 1.82) is 0 Å². The van der Waals surface area contributed by atoms with Crippen LogP contribution in [-0.2, 0) is 13.5 Å². The smallest absolute Gasteiger partial charge is 0.213 e. The van der Waals surface area contributed by atoms with Crippen LogP contribution in [0, 0.1) is 13.8 Å². The number of fused-ring (bicyclic) bond motifs is 8. The first kappa shape index (κ1) is 14.4. The van der Waals surface area contributed by atoms with Crippen LogP contribution >= 0.6 is 0 Å². The predicted octanol–water partition coefficient (Wildman–Crippen LogP) is 6.36. The second kappa shape index (κ2) is 5.73. The van der Waals surface area contributed by atoms with E-state index in [-0.39, 0.29) is 0 Å². The minimum Gasteiger partial charge on any atom is -0.308 e. The van der Waals surface area contributed by atoms with Gasteiger partial charge in [-0.3, -0.25) is 0 Å². The first-order chi connectivity index (χ1) is 16.3. The molecule has 0 saturated heterocycles. The van der Waals surface area contributed by atoms with Crippen molar-refractivity contribution in [2.45, 2.75) is 20.2 Å². The zero-order chi connectivity index (χ0) is 23.4. The van der Waals surface area contributed by atoms with Crippen molar-refractivity contribution < 1.29 is 8.68 Å². The lowest BCUT2D eigenvalue weighted by Crippen LogP contribution is -2.31. The number of benzene rings is 3. The summed E-state index contributed by atoms with van der Waals surface area (Å²) in [6.45, 7) is 0.0275. The molecule has 0 aliphatic heterocycles. The second-order valence-corrected chi connectivity index (χ2v) is 8.76. The van der Waals surface area contributed by atoms with Gasteiger partial charge in [-0.25, -0.2) is 4.57 Å². The van der Waals surface area contributed by atoms with Crippen molar-refractivity contribution in [3.8, 4) is 22.5 Å². The van der Waals surface area contributed by atoms with Crippen LogP contribution < -0.4 is 4.57 Å². The summed E-state index contributed by atoms with van der Waals surface area (Å²) < 4.78 is 27.9. The molecule has 1 aliphatic rings. The van der Waals surface area contributed by atoms with Crippen molar-refractivity contribution in [3.05, 3.63) is 95.2 Å². The molecule has 7 rings (SSSR count). The number of nitrogens with zero attached hydrogens (tertiary/aromatic N) is 2. The summed E-state index contributed by atoms with van der Waals surface area (Å²) in [5.41, 5.74) is 11.5. The number of hydrogen-bond donors (Lipinski definition) is 0. The van der Waals surface area contributed by atoms with Crippen LogP contribution in [-0.4, -0.2) is 4.40 Å². The maximum atomic E-state index is 7.81. The highest BCUT2D eigenvalue weighted by Crippen LogP contribution is 2.50. The molecule has 0 fully saturated rings. The molecule has 0 bridgehead atoms. The highest BCUT2D eigenvalue weighted by Gasteiger charge is 2.32. The Hall–Kier alpha value is -3.65. The molecule has 0 unspecified atom stereocenters. The molecular formula is C29H23N2+. The lowest BCUT2D eigenvalue weighted by atomic mass is 9.94. The van der Waals surface area contributed by atoms with Gasteiger partial charge in [0.15, 0.2) is 6.20 Å². The lowest BCUT2D eigenvalue weighted by molar-refractivity contribution is -0.660. The van der Waals surface area contributed by atoms with Crippen LogP contribution in [0.25, 0.3) is 49.7 Å². The Balaban J connectivity index is 1.60. The number of rotatable bonds is 1. The molecule has 0 radical (unpaired) electrons. The van der Waals surface area contributed by atoms with E-state index < -0.39 is 6.85 Å². The summed E-state index contributed by atoms with van der Waals surface area (Å²) >= 11 is 0. The van der Waals surface area contributed by atoms with E-state index in [4.69, 9.17) is 4.11 Å². The van der Waals surface area contributed by atoms with Gasteiger partial charge in [-0.15, -0.1) is 0 Å². The van der Waals surface area contributed by atoms with Gasteiger partial charge in [0.05, 0.1) is 22.3 Å². The summed E-state index contributed by atoms with van der Waals surface area (Å²) in [6.07, 6.45) is 2.65. The summed E-state index contributed by atoms with van der Waals surface area (Å²) in [7, 11) is 1.94. The monoisotopic (exact) mass is 402 g/mol. The Morgan fingerprint density at radius 1 is 0.871 bits per heavy atom. The quantitative estimate of drug-likeness (QED) is 0.282. The van der Waals surface area contributed by atoms with Gasteiger partial charge in [0, 0.05) is 43.9 Å². The zero-order valence-electron chi connectivity index (χ0n) is 20.5. The fourth-order valence-corrected chi connectivity index (χ4v) is 5.75. The van der Waals surface area contributed by atoms with Crippen LogP contribution in [0.5, 0.6) is 0 Å². The van der Waals surface area contributed by atoms with Gasteiger partial charge >= 0.3 is 0 Å². The summed E-state index contributed by atoms with van der Waals surface area (Å²) in [4.78, 5) is 0. The summed E-state index contributed by atoms with van der Waals surface area (Å²) in [5.74, 6) is 0. The van der Waals surface area contributed by atoms with Crippen molar-refractivity contribution in [1.82, 2.24) is 4.40 Å². The van der Waals surface area contributed by atoms with Gasteiger partial charge in [-0.05, 0) is 42.6 Å². The molecule has 0 N–H and O–H groups in total. The van der Waals surface area contributed by atoms with E-state index in [0.29, 0.717) is 5.56 Å². The summed E-state index contributed by atoms with van der Waals surface area (Å²) in [6, 6.07) is 23.5. The number of aryl methyl sites for hydroxylation is 3. The largest absolute Gasteiger partial charge is 0.308 e. The maximum Gasteiger partial charge on any atom is 0.213 e. The number of hydrogen-bond acceptors (Lipinski definition) is 0. The fourth-order valence-electron chi connectivity index (χ4n) is 5.75. The van der Waals surface area contributed by atoms with Crippen LogP contribution in [0.15, 0.2) is 72.9 Å². The van der Waals surface area contributed by atoms with E-state index in [1.54, 1.807) is 12.3 Å². The number of pyridine rings is 1. The predicted molar refractivity (Wildman–Crippen MR) is 128 cm³/mol. The van der Waals surface area contributed by atoms with E-state index in [9.17, 15) is 0 Å². The second-order valence-electron chi connectivity index (χ2n) is 8.76. The van der Waals surface area contributed by atoms with E-state index in [1.807, 2.05) is 17.7 Å². The molecule has 3 heterocycles. The normalized spacial score (nSPS) is 14.7. The van der Waals surface area contributed by atoms with Gasteiger partial charge in [0.1, 0.15) is 7.05 Å². The number of para-hydroxylation sites is 2. The van der Waals surface area contributed by atoms with Crippen molar-refractivity contribution in [2.75, 3.05) is 0 Å². The lowest BCUT2D eigenvalue weighted by Gasteiger charge is -2.12. The molecule has 148 valence electrons. The average Bonchev–Trinajstić information content (AvgIpc) is 3.44. The molecule has 3 aromatic carbocycles. The fraction of sp³-hybridized carbons (Fsp3) is 0.138. The van der Waals surface area contributed by atoms with Gasteiger partial charge < -0.3 is 4.40 Å². The van der Waals surface area contributed by atoms with E-state index >= 15 is 0 Å². The van der Waals surface area contributed by atoms with Crippen LogP contribution in [0.1, 0.15) is 26.4 Å². The molecule has 0 spiro atoms. The molecule has 0 atom stereocenters. The maximum absolute atomic E-state index is 7.81. The molecule has 6 aromatic rings. The highest BCUT2D eigenvalue weighted by molar-refractivity contribution is 6.18. The Morgan fingerprint density at radius 2 is 1.71 bits per heavy atom. The van der Waals surface area contributed by atoms with Crippen LogP contribution in [0.3, 0.4) is 0 Å². The third-order valence-electron chi connectivity index (χ3n) is 7.02.